The van der Waals surface area contributed by atoms with E-state index in [9.17, 15) is 9.90 Å². The van der Waals surface area contributed by atoms with Crippen molar-refractivity contribution in [1.82, 2.24) is 15.6 Å². The first-order valence-corrected chi connectivity index (χ1v) is 8.49. The molecule has 0 bridgehead atoms. The fourth-order valence-corrected chi connectivity index (χ4v) is 2.60. The fraction of sp³-hybridized carbons (Fsp3) is 0.150. The van der Waals surface area contributed by atoms with Gasteiger partial charge in [0.05, 0.1) is 18.5 Å². The molecule has 1 amide bonds. The summed E-state index contributed by atoms with van der Waals surface area (Å²) < 4.78 is 5.43. The maximum atomic E-state index is 12.3. The fourth-order valence-electron chi connectivity index (χ4n) is 2.60. The minimum Gasteiger partial charge on any atom is -0.508 e. The van der Waals surface area contributed by atoms with E-state index >= 15 is 0 Å². The van der Waals surface area contributed by atoms with Crippen LogP contribution < -0.4 is 10.2 Å². The number of aromatic amines is 1. The van der Waals surface area contributed by atoms with Gasteiger partial charge in [0.2, 0.25) is 0 Å². The van der Waals surface area contributed by atoms with Gasteiger partial charge < -0.3 is 9.84 Å². The number of carbonyl (C=O) groups is 1. The summed E-state index contributed by atoms with van der Waals surface area (Å²) >= 11 is 0. The van der Waals surface area contributed by atoms with Gasteiger partial charge in [0.25, 0.3) is 5.91 Å². The summed E-state index contributed by atoms with van der Waals surface area (Å²) in [5, 5.41) is 20.3. The number of nitrogens with one attached hydrogen (secondary N) is 2. The molecule has 7 heteroatoms. The van der Waals surface area contributed by atoms with Gasteiger partial charge >= 0.3 is 0 Å². The summed E-state index contributed by atoms with van der Waals surface area (Å²) in [6.45, 7) is 4.36. The van der Waals surface area contributed by atoms with Crippen LogP contribution in [0.2, 0.25) is 0 Å². The van der Waals surface area contributed by atoms with Crippen LogP contribution in [0.15, 0.2) is 53.6 Å². The molecule has 138 valence electrons. The predicted octanol–water partition coefficient (Wildman–Crippen LogP) is 3.25. The minimum atomic E-state index is -0.395. The lowest BCUT2D eigenvalue weighted by molar-refractivity contribution is 0.0949. The van der Waals surface area contributed by atoms with Crippen molar-refractivity contribution in [2.75, 3.05) is 6.61 Å². The number of amides is 1. The van der Waals surface area contributed by atoms with Gasteiger partial charge in [-0.15, -0.1) is 0 Å². The van der Waals surface area contributed by atoms with Crippen molar-refractivity contribution in [1.29, 1.82) is 0 Å². The number of aromatic nitrogens is 2. The van der Waals surface area contributed by atoms with E-state index in [1.165, 1.54) is 6.21 Å². The minimum absolute atomic E-state index is 0.134. The first-order chi connectivity index (χ1) is 13.1. The molecule has 0 aliphatic rings. The molecule has 0 aliphatic heterocycles. The highest BCUT2D eigenvalue weighted by atomic mass is 16.5. The highest BCUT2D eigenvalue weighted by Crippen LogP contribution is 2.25. The Balaban J connectivity index is 1.71. The predicted molar refractivity (Wildman–Crippen MR) is 103 cm³/mol. The summed E-state index contributed by atoms with van der Waals surface area (Å²) in [6, 6.07) is 14.1. The van der Waals surface area contributed by atoms with Crippen LogP contribution in [0.4, 0.5) is 0 Å². The Hall–Kier alpha value is -3.61. The molecule has 3 rings (SSSR count). The van der Waals surface area contributed by atoms with Crippen LogP contribution >= 0.6 is 0 Å². The zero-order valence-corrected chi connectivity index (χ0v) is 15.1. The van der Waals surface area contributed by atoms with Crippen LogP contribution in [0.5, 0.6) is 11.5 Å². The number of hydrogen-bond donors (Lipinski definition) is 3. The molecule has 7 nitrogen and oxygen atoms in total. The van der Waals surface area contributed by atoms with Crippen molar-refractivity contribution in [3.05, 3.63) is 65.4 Å². The molecule has 0 saturated carbocycles. The van der Waals surface area contributed by atoms with Gasteiger partial charge in [-0.1, -0.05) is 12.1 Å². The Morgan fingerprint density at radius 2 is 2.07 bits per heavy atom. The Morgan fingerprint density at radius 1 is 1.30 bits per heavy atom. The molecule has 0 fully saturated rings. The molecule has 3 aromatic rings. The van der Waals surface area contributed by atoms with Crippen molar-refractivity contribution in [3.8, 4) is 22.8 Å². The number of H-pyrrole nitrogens is 1. The number of benzene rings is 2. The molecule has 1 heterocycles. The Morgan fingerprint density at radius 3 is 2.78 bits per heavy atom. The number of ether oxygens (including phenoxy) is 1. The maximum absolute atomic E-state index is 12.3. The lowest BCUT2D eigenvalue weighted by Crippen LogP contribution is -2.19. The molecule has 0 unspecified atom stereocenters. The molecule has 0 spiro atoms. The molecular weight excluding hydrogens is 344 g/mol. The Labute approximate surface area is 156 Å². The zero-order valence-electron chi connectivity index (χ0n) is 15.1. The number of hydrazone groups is 1. The van der Waals surface area contributed by atoms with E-state index in [0.29, 0.717) is 23.6 Å². The van der Waals surface area contributed by atoms with Gasteiger partial charge in [0.1, 0.15) is 17.2 Å². The summed E-state index contributed by atoms with van der Waals surface area (Å²) in [6.07, 6.45) is 1.46. The van der Waals surface area contributed by atoms with Gasteiger partial charge in [0, 0.05) is 11.1 Å². The van der Waals surface area contributed by atoms with E-state index < -0.39 is 5.91 Å². The summed E-state index contributed by atoms with van der Waals surface area (Å²) in [5.41, 5.74) is 5.77. The number of phenols is 1. The number of rotatable bonds is 6. The first-order valence-electron chi connectivity index (χ1n) is 8.49. The van der Waals surface area contributed by atoms with Gasteiger partial charge in [-0.2, -0.15) is 10.2 Å². The number of hydrogen-bond acceptors (Lipinski definition) is 5. The maximum Gasteiger partial charge on any atom is 0.289 e. The van der Waals surface area contributed by atoms with Crippen molar-refractivity contribution in [3.63, 3.8) is 0 Å². The summed E-state index contributed by atoms with van der Waals surface area (Å²) in [5.74, 6) is 0.525. The largest absolute Gasteiger partial charge is 0.508 e. The van der Waals surface area contributed by atoms with Crippen LogP contribution in [0, 0.1) is 6.92 Å². The number of carbonyl (C=O) groups excluding carboxylic acids is 1. The number of phenolic OH excluding ortho intramolecular Hbond substituents is 1. The topological polar surface area (TPSA) is 99.6 Å². The standard InChI is InChI=1S/C20H20N4O3/c1-3-27-17-9-7-15(8-10-17)18-13(2)19(23-22-18)20(26)24-21-12-14-5-4-6-16(25)11-14/h4-12,25H,3H2,1-2H3,(H,22,23)(H,24,26)/b21-12+. The van der Waals surface area contributed by atoms with Crippen LogP contribution in [0.3, 0.4) is 0 Å². The highest BCUT2D eigenvalue weighted by molar-refractivity contribution is 5.96. The number of aromatic hydroxyl groups is 1. The van der Waals surface area contributed by atoms with E-state index in [4.69, 9.17) is 4.74 Å². The molecule has 27 heavy (non-hydrogen) atoms. The monoisotopic (exact) mass is 364 g/mol. The van der Waals surface area contributed by atoms with Crippen LogP contribution in [0.25, 0.3) is 11.3 Å². The van der Waals surface area contributed by atoms with Crippen LogP contribution in [-0.4, -0.2) is 34.0 Å². The van der Waals surface area contributed by atoms with Crippen LogP contribution in [0.1, 0.15) is 28.5 Å². The molecular formula is C20H20N4O3. The smallest absolute Gasteiger partial charge is 0.289 e. The van der Waals surface area contributed by atoms with E-state index in [2.05, 4.69) is 20.7 Å². The third kappa shape index (κ3) is 4.33. The quantitative estimate of drug-likeness (QED) is 0.462. The Kier molecular flexibility index (Phi) is 5.51. The summed E-state index contributed by atoms with van der Waals surface area (Å²) in [7, 11) is 0. The molecule has 0 atom stereocenters. The lowest BCUT2D eigenvalue weighted by Gasteiger charge is -2.04. The second-order valence-corrected chi connectivity index (χ2v) is 5.82. The van der Waals surface area contributed by atoms with Gasteiger partial charge in [-0.25, -0.2) is 5.43 Å². The highest BCUT2D eigenvalue weighted by Gasteiger charge is 2.16. The first kappa shape index (κ1) is 18.2. The molecule has 0 radical (unpaired) electrons. The van der Waals surface area contributed by atoms with Crippen molar-refractivity contribution >= 4 is 12.1 Å². The van der Waals surface area contributed by atoms with Gasteiger partial charge in [-0.05, 0) is 55.8 Å². The Bertz CT molecular complexity index is 962. The molecule has 0 saturated heterocycles. The SMILES string of the molecule is CCOc1ccc(-c2n[nH]c(C(=O)N/N=C/c3cccc(O)c3)c2C)cc1. The van der Waals surface area contributed by atoms with E-state index in [1.54, 1.807) is 24.3 Å². The van der Waals surface area contributed by atoms with Crippen molar-refractivity contribution < 1.29 is 14.6 Å². The van der Waals surface area contributed by atoms with E-state index in [0.717, 1.165) is 16.9 Å². The van der Waals surface area contributed by atoms with Gasteiger partial charge in [-0.3, -0.25) is 9.89 Å². The second kappa shape index (κ2) is 8.18. The molecule has 0 aliphatic carbocycles. The average molecular weight is 364 g/mol. The molecule has 1 aromatic heterocycles. The van der Waals surface area contributed by atoms with E-state index in [1.807, 2.05) is 38.1 Å². The normalized spacial score (nSPS) is 10.9. The van der Waals surface area contributed by atoms with Crippen molar-refractivity contribution in [2.45, 2.75) is 13.8 Å². The van der Waals surface area contributed by atoms with Crippen molar-refractivity contribution in [2.24, 2.45) is 5.10 Å². The van der Waals surface area contributed by atoms with E-state index in [-0.39, 0.29) is 5.75 Å². The van der Waals surface area contributed by atoms with Crippen LogP contribution in [-0.2, 0) is 0 Å². The zero-order chi connectivity index (χ0) is 19.2. The summed E-state index contributed by atoms with van der Waals surface area (Å²) in [4.78, 5) is 12.3. The third-order valence-corrected chi connectivity index (χ3v) is 3.93. The molecule has 2 aromatic carbocycles. The number of nitrogens with zero attached hydrogens (tertiary/aromatic N) is 2. The lowest BCUT2D eigenvalue weighted by atomic mass is 10.1. The molecule has 3 N–H and O–H groups in total. The second-order valence-electron chi connectivity index (χ2n) is 5.82. The third-order valence-electron chi connectivity index (χ3n) is 3.93. The van der Waals surface area contributed by atoms with Gasteiger partial charge in [0.15, 0.2) is 0 Å². The average Bonchev–Trinajstić information content (AvgIpc) is 3.04.